The van der Waals surface area contributed by atoms with E-state index in [-0.39, 0.29) is 5.78 Å². The van der Waals surface area contributed by atoms with Crippen LogP contribution in [-0.4, -0.2) is 5.78 Å². The fraction of sp³-hybridized carbons (Fsp3) is 0.545. The predicted molar refractivity (Wildman–Crippen MR) is 57.5 cm³/mol. The number of hydrogen-bond acceptors (Lipinski definition) is 2. The van der Waals surface area contributed by atoms with E-state index in [2.05, 4.69) is 19.9 Å². The van der Waals surface area contributed by atoms with Gasteiger partial charge in [-0.3, -0.25) is 4.79 Å². The maximum atomic E-state index is 11.3. The van der Waals surface area contributed by atoms with Gasteiger partial charge >= 0.3 is 0 Å². The highest BCUT2D eigenvalue weighted by molar-refractivity contribution is 7.14. The highest BCUT2D eigenvalue weighted by atomic mass is 32.1. The first-order valence-electron chi connectivity index (χ1n) is 4.75. The summed E-state index contributed by atoms with van der Waals surface area (Å²) in [5.41, 5.74) is 0. The van der Waals surface area contributed by atoms with Gasteiger partial charge in [0.25, 0.3) is 0 Å². The number of ketones is 1. The van der Waals surface area contributed by atoms with E-state index in [9.17, 15) is 4.79 Å². The van der Waals surface area contributed by atoms with Gasteiger partial charge in [-0.05, 0) is 24.5 Å². The van der Waals surface area contributed by atoms with Crippen LogP contribution in [0.5, 0.6) is 0 Å². The lowest BCUT2D eigenvalue weighted by Gasteiger charge is -1.99. The van der Waals surface area contributed by atoms with Gasteiger partial charge in [0.15, 0.2) is 5.78 Å². The smallest absolute Gasteiger partial charge is 0.172 e. The minimum atomic E-state index is 0.264. The molecule has 0 atom stereocenters. The van der Waals surface area contributed by atoms with Gasteiger partial charge in [-0.2, -0.15) is 0 Å². The molecule has 0 bridgehead atoms. The molecule has 1 heterocycles. The van der Waals surface area contributed by atoms with Gasteiger partial charge in [0.1, 0.15) is 0 Å². The molecule has 1 aromatic heterocycles. The second kappa shape index (κ2) is 4.56. The Kier molecular flexibility index (Phi) is 3.67. The van der Waals surface area contributed by atoms with Crippen LogP contribution >= 0.6 is 11.3 Å². The minimum absolute atomic E-state index is 0.264. The van der Waals surface area contributed by atoms with Gasteiger partial charge in [0, 0.05) is 11.3 Å². The average Bonchev–Trinajstić information content (AvgIpc) is 2.50. The van der Waals surface area contributed by atoms with E-state index in [1.807, 2.05) is 13.0 Å². The average molecular weight is 196 g/mol. The van der Waals surface area contributed by atoms with Crippen molar-refractivity contribution in [2.24, 2.45) is 5.92 Å². The van der Waals surface area contributed by atoms with Crippen molar-refractivity contribution in [3.63, 3.8) is 0 Å². The standard InChI is InChI=1S/C11H16OS/c1-4-10(12)11-6-5-9(13-11)7-8(2)3/h5-6,8H,4,7H2,1-3H3. The number of rotatable bonds is 4. The Hall–Kier alpha value is -0.630. The molecule has 2 heteroatoms. The molecule has 0 saturated heterocycles. The summed E-state index contributed by atoms with van der Waals surface area (Å²) in [6.07, 6.45) is 1.70. The zero-order chi connectivity index (χ0) is 9.84. The van der Waals surface area contributed by atoms with Crippen LogP contribution in [0.25, 0.3) is 0 Å². The molecule has 0 amide bonds. The van der Waals surface area contributed by atoms with E-state index in [1.165, 1.54) is 4.88 Å². The Bertz CT molecular complexity index is 286. The largest absolute Gasteiger partial charge is 0.293 e. The summed E-state index contributed by atoms with van der Waals surface area (Å²) >= 11 is 1.64. The van der Waals surface area contributed by atoms with Crippen molar-refractivity contribution >= 4 is 17.1 Å². The lowest BCUT2D eigenvalue weighted by Crippen LogP contribution is -1.91. The highest BCUT2D eigenvalue weighted by Gasteiger charge is 2.07. The Morgan fingerprint density at radius 2 is 2.15 bits per heavy atom. The summed E-state index contributed by atoms with van der Waals surface area (Å²) in [6.45, 7) is 6.30. The third-order valence-electron chi connectivity index (χ3n) is 1.87. The van der Waals surface area contributed by atoms with Crippen molar-refractivity contribution in [3.05, 3.63) is 21.9 Å². The van der Waals surface area contributed by atoms with E-state index in [1.54, 1.807) is 11.3 Å². The van der Waals surface area contributed by atoms with E-state index >= 15 is 0 Å². The number of thiophene rings is 1. The Morgan fingerprint density at radius 3 is 2.69 bits per heavy atom. The molecular formula is C11H16OS. The zero-order valence-corrected chi connectivity index (χ0v) is 9.28. The van der Waals surface area contributed by atoms with Crippen molar-refractivity contribution < 1.29 is 4.79 Å². The van der Waals surface area contributed by atoms with E-state index in [0.717, 1.165) is 11.3 Å². The summed E-state index contributed by atoms with van der Waals surface area (Å²) in [5, 5.41) is 0. The van der Waals surface area contributed by atoms with Gasteiger partial charge < -0.3 is 0 Å². The van der Waals surface area contributed by atoms with Gasteiger partial charge in [-0.15, -0.1) is 11.3 Å². The summed E-state index contributed by atoms with van der Waals surface area (Å²) < 4.78 is 0. The second-order valence-corrected chi connectivity index (χ2v) is 4.81. The minimum Gasteiger partial charge on any atom is -0.293 e. The normalized spacial score (nSPS) is 10.8. The van der Waals surface area contributed by atoms with Gasteiger partial charge in [0.2, 0.25) is 0 Å². The van der Waals surface area contributed by atoms with Crippen LogP contribution in [0.2, 0.25) is 0 Å². The van der Waals surface area contributed by atoms with E-state index in [0.29, 0.717) is 12.3 Å². The lowest BCUT2D eigenvalue weighted by atomic mass is 10.1. The van der Waals surface area contributed by atoms with Gasteiger partial charge in [0.05, 0.1) is 4.88 Å². The van der Waals surface area contributed by atoms with Crippen LogP contribution in [0.15, 0.2) is 12.1 Å². The summed E-state index contributed by atoms with van der Waals surface area (Å²) in [7, 11) is 0. The molecule has 1 aromatic rings. The number of Topliss-reactive ketones (excluding diaryl/α,β-unsaturated/α-hetero) is 1. The molecule has 0 aromatic carbocycles. The topological polar surface area (TPSA) is 17.1 Å². The molecule has 0 aliphatic carbocycles. The lowest BCUT2D eigenvalue weighted by molar-refractivity contribution is 0.0992. The molecular weight excluding hydrogens is 180 g/mol. The van der Waals surface area contributed by atoms with Crippen molar-refractivity contribution in [1.82, 2.24) is 0 Å². The highest BCUT2D eigenvalue weighted by Crippen LogP contribution is 2.20. The maximum absolute atomic E-state index is 11.3. The summed E-state index contributed by atoms with van der Waals surface area (Å²) in [6, 6.07) is 4.03. The third-order valence-corrected chi connectivity index (χ3v) is 3.02. The first kappa shape index (κ1) is 10.5. The predicted octanol–water partition coefficient (Wildman–Crippen LogP) is 3.54. The van der Waals surface area contributed by atoms with Crippen LogP contribution in [0.1, 0.15) is 41.7 Å². The van der Waals surface area contributed by atoms with Crippen molar-refractivity contribution in [2.45, 2.75) is 33.6 Å². The Labute approximate surface area is 83.8 Å². The van der Waals surface area contributed by atoms with Crippen LogP contribution < -0.4 is 0 Å². The van der Waals surface area contributed by atoms with E-state index in [4.69, 9.17) is 0 Å². The molecule has 0 saturated carbocycles. The van der Waals surface area contributed by atoms with Crippen LogP contribution in [0.4, 0.5) is 0 Å². The molecule has 13 heavy (non-hydrogen) atoms. The zero-order valence-electron chi connectivity index (χ0n) is 8.46. The van der Waals surface area contributed by atoms with Crippen molar-refractivity contribution in [3.8, 4) is 0 Å². The first-order chi connectivity index (χ1) is 6.13. The number of hydrogen-bond donors (Lipinski definition) is 0. The van der Waals surface area contributed by atoms with E-state index < -0.39 is 0 Å². The molecule has 0 radical (unpaired) electrons. The molecule has 0 unspecified atom stereocenters. The third kappa shape index (κ3) is 2.96. The number of carbonyl (C=O) groups is 1. The molecule has 0 aliphatic heterocycles. The molecule has 0 spiro atoms. The Balaban J connectivity index is 2.69. The van der Waals surface area contributed by atoms with Crippen LogP contribution in [0.3, 0.4) is 0 Å². The maximum Gasteiger partial charge on any atom is 0.172 e. The fourth-order valence-electron chi connectivity index (χ4n) is 1.21. The molecule has 1 nitrogen and oxygen atoms in total. The fourth-order valence-corrected chi connectivity index (χ4v) is 2.44. The van der Waals surface area contributed by atoms with Crippen molar-refractivity contribution in [1.29, 1.82) is 0 Å². The van der Waals surface area contributed by atoms with Gasteiger partial charge in [-0.1, -0.05) is 20.8 Å². The monoisotopic (exact) mass is 196 g/mol. The molecule has 0 aliphatic rings. The molecule has 72 valence electrons. The Morgan fingerprint density at radius 1 is 1.46 bits per heavy atom. The second-order valence-electron chi connectivity index (χ2n) is 3.64. The number of carbonyl (C=O) groups excluding carboxylic acids is 1. The summed E-state index contributed by atoms with van der Waals surface area (Å²) in [5.74, 6) is 0.934. The molecule has 1 rings (SSSR count). The molecule has 0 N–H and O–H groups in total. The van der Waals surface area contributed by atoms with Crippen LogP contribution in [-0.2, 0) is 6.42 Å². The quantitative estimate of drug-likeness (QED) is 0.673. The van der Waals surface area contributed by atoms with Crippen LogP contribution in [0, 0.1) is 5.92 Å². The van der Waals surface area contributed by atoms with Gasteiger partial charge in [-0.25, -0.2) is 0 Å². The first-order valence-corrected chi connectivity index (χ1v) is 5.57. The summed E-state index contributed by atoms with van der Waals surface area (Å²) in [4.78, 5) is 13.6. The molecule has 0 fully saturated rings. The SMILES string of the molecule is CCC(=O)c1ccc(CC(C)C)s1. The van der Waals surface area contributed by atoms with Crippen molar-refractivity contribution in [2.75, 3.05) is 0 Å².